The van der Waals surface area contributed by atoms with E-state index in [1.807, 2.05) is 0 Å². The third-order valence-corrected chi connectivity index (χ3v) is 2.31. The summed E-state index contributed by atoms with van der Waals surface area (Å²) >= 11 is 0. The molecule has 0 N–H and O–H groups in total. The van der Waals surface area contributed by atoms with Crippen molar-refractivity contribution < 1.29 is 14.6 Å². The molecule has 3 nitrogen and oxygen atoms in total. The molecule has 0 saturated carbocycles. The highest BCUT2D eigenvalue weighted by atomic mass is 19.4. The topological polar surface area (TPSA) is 71.4 Å². The van der Waals surface area contributed by atoms with E-state index in [1.165, 1.54) is 24.0 Å². The molecule has 0 spiro atoms. The van der Waals surface area contributed by atoms with E-state index in [0.717, 1.165) is 18.2 Å². The highest BCUT2D eigenvalue weighted by Gasteiger charge is 2.38. The summed E-state index contributed by atoms with van der Waals surface area (Å²) in [7, 11) is 0. The first-order valence-electron chi connectivity index (χ1n) is 4.47. The van der Waals surface area contributed by atoms with Gasteiger partial charge in [-0.15, -0.1) is 17.9 Å². The van der Waals surface area contributed by atoms with Crippen LogP contribution in [0.3, 0.4) is 0 Å². The largest absolute Gasteiger partial charge is 1.00 e. The number of nitrogens with zero attached hydrogens (tertiary/aromatic N) is 3. The first kappa shape index (κ1) is 12.6. The molecule has 17 heavy (non-hydrogen) atoms. The molecule has 1 rings (SSSR count). The zero-order valence-electron chi connectivity index (χ0n) is 9.36. The first-order valence-corrected chi connectivity index (χ1v) is 4.47. The van der Waals surface area contributed by atoms with Crippen molar-refractivity contribution in [3.8, 4) is 17.9 Å². The molecule has 0 bridgehead atoms. The van der Waals surface area contributed by atoms with Crippen LogP contribution in [0, 0.1) is 33.7 Å². The average molecular weight is 235 g/mol. The number of halogens is 3. The van der Waals surface area contributed by atoms with E-state index in [4.69, 9.17) is 15.8 Å². The minimum atomic E-state index is -4.70. The normalized spacial score (nSPS) is 11.1. The third-order valence-electron chi connectivity index (χ3n) is 2.31. The maximum Gasteiger partial charge on any atom is 1.00 e. The number of benzene rings is 1. The van der Waals surface area contributed by atoms with Crippen LogP contribution < -0.4 is 5.46 Å². The van der Waals surface area contributed by atoms with Crippen LogP contribution in [0.1, 0.15) is 6.99 Å². The minimum Gasteiger partial charge on any atom is -0.246 e. The maximum absolute atomic E-state index is 12.7. The Bertz CT molecular complexity index is 529. The number of alkyl halides is 3. The molecule has 7 heteroatoms. The first-order chi connectivity index (χ1) is 7.91. The van der Waals surface area contributed by atoms with Gasteiger partial charge < -0.3 is 0 Å². The second-order valence-corrected chi connectivity index (χ2v) is 3.34. The lowest BCUT2D eigenvalue weighted by Crippen LogP contribution is -2.48. The van der Waals surface area contributed by atoms with Gasteiger partial charge in [-0.3, -0.25) is 0 Å². The van der Waals surface area contributed by atoms with Crippen LogP contribution in [0.5, 0.6) is 0 Å². The summed E-state index contributed by atoms with van der Waals surface area (Å²) in [6.07, 6.45) is -7.86. The van der Waals surface area contributed by atoms with Crippen molar-refractivity contribution in [3.05, 3.63) is 29.8 Å². The molecule has 0 amide bonds. The van der Waals surface area contributed by atoms with Crippen LogP contribution in [0.2, 0.25) is 0 Å². The van der Waals surface area contributed by atoms with Crippen LogP contribution in [0.4, 0.5) is 13.2 Å². The second kappa shape index (κ2) is 4.19. The van der Waals surface area contributed by atoms with E-state index >= 15 is 0 Å². The van der Waals surface area contributed by atoms with Gasteiger partial charge in [-0.1, -0.05) is 24.3 Å². The molecule has 84 valence electrons. The maximum atomic E-state index is 12.7. The van der Waals surface area contributed by atoms with Crippen molar-refractivity contribution in [3.63, 3.8) is 0 Å². The lowest BCUT2D eigenvalue weighted by molar-refractivity contribution is -0.136. The SMILES string of the molecule is N#C[B-](C#N)(C#N)c1ccccc1C(F)(F)F.[H+]. The molecule has 1 aromatic rings. The summed E-state index contributed by atoms with van der Waals surface area (Å²) in [5.74, 6) is 4.15. The van der Waals surface area contributed by atoms with Crippen molar-refractivity contribution in [2.24, 2.45) is 0 Å². The highest BCUT2D eigenvalue weighted by molar-refractivity contribution is 7.09. The Morgan fingerprint density at radius 2 is 1.47 bits per heavy atom. The molecule has 0 aromatic heterocycles. The minimum absolute atomic E-state index is 0. The predicted molar refractivity (Wildman–Crippen MR) is 54.8 cm³/mol. The summed E-state index contributed by atoms with van der Waals surface area (Å²) in [5, 5.41) is 26.4. The lowest BCUT2D eigenvalue weighted by atomic mass is 9.24. The van der Waals surface area contributed by atoms with E-state index in [0.29, 0.717) is 0 Å². The molecule has 0 aliphatic carbocycles. The highest BCUT2D eigenvalue weighted by Crippen LogP contribution is 2.28. The van der Waals surface area contributed by atoms with E-state index in [2.05, 4.69) is 0 Å². The summed E-state index contributed by atoms with van der Waals surface area (Å²) in [6.45, 7) is 0. The standard InChI is InChI=1S/C10H4BF3N3/c12-10(13,14)8-3-1-2-4-9(8)11(5-15,6-16)7-17/h1-4H/q-1/p+1. The number of hydrogen-bond donors (Lipinski definition) is 0. The van der Waals surface area contributed by atoms with Crippen molar-refractivity contribution in [1.29, 1.82) is 15.8 Å². The van der Waals surface area contributed by atoms with Crippen LogP contribution in [0.15, 0.2) is 24.3 Å². The zero-order chi connectivity index (χ0) is 13.1. The van der Waals surface area contributed by atoms with E-state index in [9.17, 15) is 13.2 Å². The second-order valence-electron chi connectivity index (χ2n) is 3.34. The van der Waals surface area contributed by atoms with Crippen molar-refractivity contribution in [1.82, 2.24) is 0 Å². The summed E-state index contributed by atoms with van der Waals surface area (Å²) in [5.41, 5.74) is -1.70. The summed E-state index contributed by atoms with van der Waals surface area (Å²) < 4.78 is 38.0. The molecule has 0 aliphatic heterocycles. The Labute approximate surface area is 96.7 Å². The van der Waals surface area contributed by atoms with E-state index in [1.54, 1.807) is 0 Å². The van der Waals surface area contributed by atoms with Gasteiger partial charge in [0.2, 0.25) is 0 Å². The van der Waals surface area contributed by atoms with Gasteiger partial charge in [-0.2, -0.15) is 18.6 Å². The van der Waals surface area contributed by atoms with Crippen molar-refractivity contribution in [2.45, 2.75) is 6.18 Å². The average Bonchev–Trinajstić information content (AvgIpc) is 2.31. The zero-order valence-corrected chi connectivity index (χ0v) is 8.36. The van der Waals surface area contributed by atoms with Crippen LogP contribution in [0.25, 0.3) is 0 Å². The smallest absolute Gasteiger partial charge is 0.246 e. The Morgan fingerprint density at radius 1 is 1.00 bits per heavy atom. The van der Waals surface area contributed by atoms with Gasteiger partial charge in [-0.25, -0.2) is 15.8 Å². The van der Waals surface area contributed by atoms with Gasteiger partial charge in [0.15, 0.2) is 0 Å². The molecular formula is C10H5BF3N3. The van der Waals surface area contributed by atoms with Crippen molar-refractivity contribution >= 4 is 11.6 Å². The molecule has 0 aliphatic rings. The van der Waals surface area contributed by atoms with Gasteiger partial charge >= 0.3 is 13.7 Å². The quantitative estimate of drug-likeness (QED) is 0.694. The fraction of sp³-hybridized carbons (Fsp3) is 0.100. The molecule has 0 atom stereocenters. The van der Waals surface area contributed by atoms with Crippen molar-refractivity contribution in [2.75, 3.05) is 0 Å². The fourth-order valence-corrected chi connectivity index (χ4v) is 1.43. The van der Waals surface area contributed by atoms with Gasteiger partial charge in [0.1, 0.15) is 0 Å². The number of rotatable bonds is 1. The number of nitriles is 3. The molecule has 1 aromatic carbocycles. The lowest BCUT2D eigenvalue weighted by Gasteiger charge is -2.22. The monoisotopic (exact) mass is 235 g/mol. The summed E-state index contributed by atoms with van der Waals surface area (Å²) in [4.78, 5) is 0. The molecule has 0 heterocycles. The van der Waals surface area contributed by atoms with Gasteiger partial charge in [0, 0.05) is 5.56 Å². The Hall–Kier alpha value is -2.46. The van der Waals surface area contributed by atoms with E-state index < -0.39 is 23.3 Å². The third kappa shape index (κ3) is 2.07. The summed E-state index contributed by atoms with van der Waals surface area (Å²) in [6, 6.07) is 4.13. The molecule has 0 unspecified atom stereocenters. The number of hydrogen-bond acceptors (Lipinski definition) is 3. The Balaban J connectivity index is 0.00000289. The van der Waals surface area contributed by atoms with Gasteiger partial charge in [-0.05, 0) is 0 Å². The Morgan fingerprint density at radius 3 is 1.88 bits per heavy atom. The van der Waals surface area contributed by atoms with Crippen LogP contribution >= 0.6 is 0 Å². The van der Waals surface area contributed by atoms with E-state index in [-0.39, 0.29) is 1.43 Å². The van der Waals surface area contributed by atoms with Gasteiger partial charge in [0.05, 0.1) is 0 Å². The predicted octanol–water partition coefficient (Wildman–Crippen LogP) is 1.66. The molecule has 0 radical (unpaired) electrons. The molecule has 0 saturated heterocycles. The molecule has 0 fully saturated rings. The Kier molecular flexibility index (Phi) is 3.11. The van der Waals surface area contributed by atoms with Crippen LogP contribution in [-0.4, -0.2) is 6.15 Å². The fourth-order valence-electron chi connectivity index (χ4n) is 1.43. The van der Waals surface area contributed by atoms with Crippen LogP contribution in [-0.2, 0) is 6.18 Å². The molecular weight excluding hydrogens is 230 g/mol. The van der Waals surface area contributed by atoms with Gasteiger partial charge in [0.25, 0.3) is 0 Å².